The van der Waals surface area contributed by atoms with Crippen LogP contribution in [-0.4, -0.2) is 63.0 Å². The van der Waals surface area contributed by atoms with Crippen LogP contribution in [0, 0.1) is 0 Å². The third-order valence-corrected chi connectivity index (χ3v) is 6.56. The lowest BCUT2D eigenvalue weighted by Crippen LogP contribution is -2.38. The van der Waals surface area contributed by atoms with Crippen molar-refractivity contribution in [3.05, 3.63) is 77.4 Å². The Hall–Kier alpha value is -3.66. The molecule has 2 heterocycles. The molecule has 1 N–H and O–H groups in total. The second-order valence-corrected chi connectivity index (χ2v) is 10.2. The second-order valence-electron chi connectivity index (χ2n) is 10.2. The van der Waals surface area contributed by atoms with Gasteiger partial charge in [0, 0.05) is 19.2 Å². The number of methoxy groups -OCH3 is 2. The Balaban J connectivity index is 1.70. The molecule has 4 rings (SSSR count). The van der Waals surface area contributed by atoms with Crippen molar-refractivity contribution in [2.75, 3.05) is 21.0 Å². The molecule has 214 valence electrons. The van der Waals surface area contributed by atoms with E-state index in [4.69, 9.17) is 28.4 Å². The van der Waals surface area contributed by atoms with E-state index in [0.717, 1.165) is 0 Å². The van der Waals surface area contributed by atoms with Crippen LogP contribution in [0.3, 0.4) is 0 Å². The zero-order valence-electron chi connectivity index (χ0n) is 23.5. The molecule has 0 aromatic heterocycles. The fraction of sp³-hybridized carbons (Fsp3) is 0.419. The van der Waals surface area contributed by atoms with Gasteiger partial charge in [0.15, 0.2) is 12.6 Å². The summed E-state index contributed by atoms with van der Waals surface area (Å²) in [6, 6.07) is 12.0. The van der Waals surface area contributed by atoms with Gasteiger partial charge in [-0.05, 0) is 63.5 Å². The van der Waals surface area contributed by atoms with E-state index in [2.05, 4.69) is 5.32 Å². The van der Waals surface area contributed by atoms with Crippen molar-refractivity contribution in [1.29, 1.82) is 0 Å². The number of nitrogens with one attached hydrogen (secondary N) is 1. The molecule has 0 saturated carbocycles. The predicted octanol–water partition coefficient (Wildman–Crippen LogP) is 4.91. The number of rotatable bonds is 6. The molecule has 2 aliphatic heterocycles. The lowest BCUT2D eigenvalue weighted by Gasteiger charge is -2.25. The van der Waals surface area contributed by atoms with Crippen LogP contribution in [0.2, 0.25) is 0 Å². The maximum Gasteiger partial charge on any atom is 0.338 e. The topological polar surface area (TPSA) is 102 Å². The van der Waals surface area contributed by atoms with Crippen LogP contribution in [0.15, 0.2) is 60.7 Å². The summed E-state index contributed by atoms with van der Waals surface area (Å²) in [5, 5.41) is 3.04. The van der Waals surface area contributed by atoms with Crippen molar-refractivity contribution in [2.45, 2.75) is 63.8 Å². The Bertz CT molecular complexity index is 1240. The number of carbonyl (C=O) groups excluding carboxylic acids is 2. The van der Waals surface area contributed by atoms with E-state index in [9.17, 15) is 9.59 Å². The highest BCUT2D eigenvalue weighted by atomic mass is 16.8. The van der Waals surface area contributed by atoms with E-state index in [1.807, 2.05) is 51.1 Å². The van der Waals surface area contributed by atoms with Gasteiger partial charge in [-0.2, -0.15) is 0 Å². The van der Waals surface area contributed by atoms with Gasteiger partial charge >= 0.3 is 5.97 Å². The number of hydrogen-bond acceptors (Lipinski definition) is 8. The molecule has 2 aromatic carbocycles. The third-order valence-electron chi connectivity index (χ3n) is 6.56. The number of ether oxygens (including phenoxy) is 6. The van der Waals surface area contributed by atoms with Crippen molar-refractivity contribution in [2.24, 2.45) is 0 Å². The van der Waals surface area contributed by atoms with Gasteiger partial charge < -0.3 is 33.7 Å². The van der Waals surface area contributed by atoms with Crippen molar-refractivity contribution < 1.29 is 38.0 Å². The Morgan fingerprint density at radius 2 is 1.85 bits per heavy atom. The molecule has 0 aliphatic carbocycles. The lowest BCUT2D eigenvalue weighted by atomic mass is 10.00. The van der Waals surface area contributed by atoms with E-state index in [1.165, 1.54) is 7.11 Å². The first-order valence-corrected chi connectivity index (χ1v) is 13.3. The van der Waals surface area contributed by atoms with Gasteiger partial charge in [-0.15, -0.1) is 0 Å². The van der Waals surface area contributed by atoms with Gasteiger partial charge in [0.25, 0.3) is 5.91 Å². The predicted molar refractivity (Wildman–Crippen MR) is 149 cm³/mol. The summed E-state index contributed by atoms with van der Waals surface area (Å²) in [6.45, 7) is 5.54. The number of fused-ring (bicyclic) bond motifs is 2. The normalized spacial score (nSPS) is 25.9. The molecule has 1 fully saturated rings. The van der Waals surface area contributed by atoms with Crippen molar-refractivity contribution in [3.8, 4) is 11.5 Å². The zero-order valence-corrected chi connectivity index (χ0v) is 23.5. The van der Waals surface area contributed by atoms with Crippen LogP contribution in [-0.2, 0) is 18.9 Å². The highest BCUT2D eigenvalue weighted by Crippen LogP contribution is 2.35. The first-order chi connectivity index (χ1) is 19.2. The molecule has 2 aromatic rings. The maximum absolute atomic E-state index is 13.5. The Labute approximate surface area is 235 Å². The highest BCUT2D eigenvalue weighted by Gasteiger charge is 2.45. The molecule has 9 heteroatoms. The van der Waals surface area contributed by atoms with E-state index < -0.39 is 30.1 Å². The largest absolute Gasteiger partial charge is 0.497 e. The third kappa shape index (κ3) is 7.29. The average molecular weight is 552 g/mol. The summed E-state index contributed by atoms with van der Waals surface area (Å²) in [5.74, 6) is -0.745. The lowest BCUT2D eigenvalue weighted by molar-refractivity contribution is -0.152. The summed E-state index contributed by atoms with van der Waals surface area (Å²) in [4.78, 5) is 26.5. The Kier molecular flexibility index (Phi) is 9.63. The van der Waals surface area contributed by atoms with Crippen LogP contribution in [0.25, 0.3) is 6.08 Å². The van der Waals surface area contributed by atoms with Gasteiger partial charge in [0.2, 0.25) is 0 Å². The summed E-state index contributed by atoms with van der Waals surface area (Å²) in [6.07, 6.45) is 6.68. The van der Waals surface area contributed by atoms with Gasteiger partial charge in [-0.3, -0.25) is 4.79 Å². The van der Waals surface area contributed by atoms with Crippen LogP contribution < -0.4 is 14.8 Å². The van der Waals surface area contributed by atoms with Gasteiger partial charge in [-0.25, -0.2) is 4.79 Å². The molecular weight excluding hydrogens is 514 g/mol. The highest BCUT2D eigenvalue weighted by molar-refractivity contribution is 6.01. The quantitative estimate of drug-likeness (QED) is 0.307. The Morgan fingerprint density at radius 1 is 1.07 bits per heavy atom. The van der Waals surface area contributed by atoms with Crippen molar-refractivity contribution in [3.63, 3.8) is 0 Å². The first kappa shape index (κ1) is 29.3. The first-order valence-electron chi connectivity index (χ1n) is 13.3. The molecule has 1 amide bonds. The molecule has 2 aliphatic rings. The SMILES string of the molecule is COCOc1cc(OC)cc2c1C(=O)N[C@@H](C)C/C=C\C(OC(=O)c1ccccc1)[C@H]1OC(C)(C)O[C@@H]1C/C=C/2. The van der Waals surface area contributed by atoms with Gasteiger partial charge in [0.05, 0.1) is 24.3 Å². The van der Waals surface area contributed by atoms with Gasteiger partial charge in [0.1, 0.15) is 23.7 Å². The van der Waals surface area contributed by atoms with Gasteiger partial charge in [-0.1, -0.05) is 36.4 Å². The molecule has 1 unspecified atom stereocenters. The monoisotopic (exact) mass is 551 g/mol. The summed E-state index contributed by atoms with van der Waals surface area (Å²) >= 11 is 0. The molecular formula is C31H37NO8. The molecule has 40 heavy (non-hydrogen) atoms. The second kappa shape index (κ2) is 13.1. The standard InChI is InChI=1S/C31H37NO8/c1-20-11-9-15-24(38-30(34)21-12-7-6-8-13-21)28-25(39-31(2,3)40-28)16-10-14-22-17-23(36-5)18-26(37-19-35-4)27(22)29(33)32-20/h6-10,12-15,17-18,20,24-25,28H,11,16,19H2,1-5H3,(H,32,33)/b14-10+,15-9-/t20-,24?,25+,28+/m0/s1. The van der Waals surface area contributed by atoms with E-state index in [1.54, 1.807) is 43.5 Å². The average Bonchev–Trinajstić information content (AvgIpc) is 3.24. The molecule has 0 spiro atoms. The fourth-order valence-corrected chi connectivity index (χ4v) is 4.75. The number of benzene rings is 2. The molecule has 4 atom stereocenters. The molecule has 0 bridgehead atoms. The zero-order chi connectivity index (χ0) is 28.7. The molecule has 9 nitrogen and oxygen atoms in total. The number of hydrogen-bond donors (Lipinski definition) is 1. The van der Waals surface area contributed by atoms with E-state index >= 15 is 0 Å². The minimum absolute atomic E-state index is 0.0258. The van der Waals surface area contributed by atoms with Crippen LogP contribution >= 0.6 is 0 Å². The Morgan fingerprint density at radius 3 is 2.58 bits per heavy atom. The van der Waals surface area contributed by atoms with E-state index in [-0.39, 0.29) is 18.7 Å². The number of esters is 1. The van der Waals surface area contributed by atoms with E-state index in [0.29, 0.717) is 41.0 Å². The van der Waals surface area contributed by atoms with Crippen LogP contribution in [0.5, 0.6) is 11.5 Å². The molecule has 1 saturated heterocycles. The summed E-state index contributed by atoms with van der Waals surface area (Å²) < 4.78 is 34.8. The minimum atomic E-state index is -0.879. The van der Waals surface area contributed by atoms with Crippen LogP contribution in [0.4, 0.5) is 0 Å². The van der Waals surface area contributed by atoms with Crippen molar-refractivity contribution in [1.82, 2.24) is 5.32 Å². The molecule has 0 radical (unpaired) electrons. The van der Waals surface area contributed by atoms with Crippen molar-refractivity contribution >= 4 is 18.0 Å². The minimum Gasteiger partial charge on any atom is -0.497 e. The number of carbonyl (C=O) groups is 2. The smallest absolute Gasteiger partial charge is 0.338 e. The fourth-order valence-electron chi connectivity index (χ4n) is 4.75. The number of amides is 1. The summed E-state index contributed by atoms with van der Waals surface area (Å²) in [7, 11) is 3.07. The maximum atomic E-state index is 13.5. The van der Waals surface area contributed by atoms with Crippen LogP contribution in [0.1, 0.15) is 59.9 Å². The summed E-state index contributed by atoms with van der Waals surface area (Å²) in [5.41, 5.74) is 1.43.